The van der Waals surface area contributed by atoms with Gasteiger partial charge in [-0.1, -0.05) is 6.92 Å². The van der Waals surface area contributed by atoms with Crippen molar-refractivity contribution < 1.29 is 14.6 Å². The zero-order valence-electron chi connectivity index (χ0n) is 8.33. The van der Waals surface area contributed by atoms with Crippen molar-refractivity contribution >= 4 is 5.97 Å². The van der Waals surface area contributed by atoms with Gasteiger partial charge < -0.3 is 9.84 Å². The van der Waals surface area contributed by atoms with Crippen molar-refractivity contribution in [3.05, 3.63) is 11.1 Å². The van der Waals surface area contributed by atoms with E-state index in [0.717, 1.165) is 0 Å². The summed E-state index contributed by atoms with van der Waals surface area (Å²) in [5.74, 6) is -0.457. The largest absolute Gasteiger partial charge is 0.443 e. The average molecular weight is 187 g/mol. The van der Waals surface area contributed by atoms with E-state index >= 15 is 0 Å². The van der Waals surface area contributed by atoms with E-state index < -0.39 is 12.2 Å². The van der Waals surface area contributed by atoms with E-state index in [0.29, 0.717) is 17.6 Å². The van der Waals surface area contributed by atoms with Crippen molar-refractivity contribution in [2.45, 2.75) is 33.4 Å². The lowest BCUT2D eigenvalue weighted by atomic mass is 10.2. The summed E-state index contributed by atoms with van der Waals surface area (Å²) in [6, 6.07) is 0. The summed E-state index contributed by atoms with van der Waals surface area (Å²) < 4.78 is 4.85. The van der Waals surface area contributed by atoms with E-state index in [-0.39, 0.29) is 6.61 Å². The summed E-state index contributed by atoms with van der Waals surface area (Å²) in [5.41, 5.74) is 6.45. The number of esters is 1. The van der Waals surface area contributed by atoms with Crippen LogP contribution in [0.2, 0.25) is 0 Å². The van der Waals surface area contributed by atoms with Crippen LogP contribution >= 0.6 is 0 Å². The first-order chi connectivity index (χ1) is 6.02. The predicted octanol–water partition coefficient (Wildman–Crippen LogP) is 0.553. The summed E-state index contributed by atoms with van der Waals surface area (Å²) in [6.07, 6.45) is 0.0194. The summed E-state index contributed by atoms with van der Waals surface area (Å²) >= 11 is 0. The number of aliphatic hydroxyl groups excluding tert-OH is 1. The van der Waals surface area contributed by atoms with E-state index in [4.69, 9.17) is 15.6 Å². The Kier molecular flexibility index (Phi) is 5.34. The quantitative estimate of drug-likeness (QED) is 0.383. The van der Waals surface area contributed by atoms with Crippen LogP contribution in [0, 0.1) is 0 Å². The van der Waals surface area contributed by atoms with Crippen LogP contribution in [-0.4, -0.2) is 23.9 Å². The summed E-state index contributed by atoms with van der Waals surface area (Å²) in [5, 5.41) is 8.75. The molecule has 76 valence electrons. The molecule has 0 spiro atoms. The van der Waals surface area contributed by atoms with Crippen LogP contribution in [0.5, 0.6) is 0 Å². The molecule has 0 aromatic heterocycles. The molecule has 1 unspecified atom stereocenters. The molecule has 0 saturated carbocycles. The molecule has 0 rings (SSSR count). The second-order valence-electron chi connectivity index (χ2n) is 2.92. The fourth-order valence-electron chi connectivity index (χ4n) is 0.602. The first kappa shape index (κ1) is 12.1. The van der Waals surface area contributed by atoms with Crippen LogP contribution in [0.1, 0.15) is 27.2 Å². The number of nitrogens with two attached hydrogens (primary N) is 1. The molecule has 0 fully saturated rings. The minimum atomic E-state index is -0.561. The molecule has 0 aromatic carbocycles. The molecule has 0 aromatic rings. The van der Waals surface area contributed by atoms with Gasteiger partial charge in [-0.15, -0.1) is 0 Å². The molecule has 0 radical (unpaired) electrons. The first-order valence-corrected chi connectivity index (χ1v) is 4.26. The smallest absolute Gasteiger partial charge is 0.335 e. The molecule has 1 atom stereocenters. The maximum absolute atomic E-state index is 11.2. The Morgan fingerprint density at radius 1 is 1.54 bits per heavy atom. The average Bonchev–Trinajstić information content (AvgIpc) is 2.14. The summed E-state index contributed by atoms with van der Waals surface area (Å²) in [6.45, 7) is 4.97. The maximum Gasteiger partial charge on any atom is 0.335 e. The highest BCUT2D eigenvalue weighted by Gasteiger charge is 2.11. The standard InChI is InChI=1S/C9H17NO3/c1-4-8(10)13-9(12)7(3)6(2)5-11/h8,11H,4-5,10H2,1-3H3/b7-6+. The number of carbonyl (C=O) groups is 1. The highest BCUT2D eigenvalue weighted by molar-refractivity contribution is 5.88. The molecular weight excluding hydrogens is 170 g/mol. The van der Waals surface area contributed by atoms with Crippen molar-refractivity contribution in [2.24, 2.45) is 5.73 Å². The number of carbonyl (C=O) groups excluding carboxylic acids is 1. The highest BCUT2D eigenvalue weighted by Crippen LogP contribution is 2.06. The van der Waals surface area contributed by atoms with Gasteiger partial charge in [-0.25, -0.2) is 4.79 Å². The molecule has 0 aliphatic heterocycles. The van der Waals surface area contributed by atoms with E-state index in [2.05, 4.69) is 0 Å². The summed E-state index contributed by atoms with van der Waals surface area (Å²) in [4.78, 5) is 11.2. The van der Waals surface area contributed by atoms with E-state index in [9.17, 15) is 4.79 Å². The van der Waals surface area contributed by atoms with E-state index in [1.807, 2.05) is 6.92 Å². The Bertz CT molecular complexity index is 211. The fraction of sp³-hybridized carbons (Fsp3) is 0.667. The van der Waals surface area contributed by atoms with E-state index in [1.54, 1.807) is 13.8 Å². The molecule has 13 heavy (non-hydrogen) atoms. The zero-order chi connectivity index (χ0) is 10.4. The second kappa shape index (κ2) is 5.72. The monoisotopic (exact) mass is 187 g/mol. The van der Waals surface area contributed by atoms with Crippen molar-refractivity contribution in [1.29, 1.82) is 0 Å². The number of hydrogen-bond donors (Lipinski definition) is 2. The lowest BCUT2D eigenvalue weighted by molar-refractivity contribution is -0.144. The molecule has 0 amide bonds. The first-order valence-electron chi connectivity index (χ1n) is 4.26. The lowest BCUT2D eigenvalue weighted by Gasteiger charge is -2.11. The van der Waals surface area contributed by atoms with Gasteiger partial charge in [-0.05, 0) is 25.8 Å². The number of hydrogen-bond acceptors (Lipinski definition) is 4. The van der Waals surface area contributed by atoms with Crippen LogP contribution in [0.4, 0.5) is 0 Å². The van der Waals surface area contributed by atoms with Crippen molar-refractivity contribution in [3.8, 4) is 0 Å². The van der Waals surface area contributed by atoms with Crippen LogP contribution in [-0.2, 0) is 9.53 Å². The Hall–Kier alpha value is -0.870. The minimum absolute atomic E-state index is 0.137. The van der Waals surface area contributed by atoms with Gasteiger partial charge in [0, 0.05) is 5.57 Å². The Balaban J connectivity index is 4.27. The van der Waals surface area contributed by atoms with Crippen LogP contribution in [0.15, 0.2) is 11.1 Å². The van der Waals surface area contributed by atoms with Crippen LogP contribution in [0.3, 0.4) is 0 Å². The molecule has 0 saturated heterocycles. The fourth-order valence-corrected chi connectivity index (χ4v) is 0.602. The third-order valence-corrected chi connectivity index (χ3v) is 1.84. The van der Waals surface area contributed by atoms with Gasteiger partial charge in [0.05, 0.1) is 6.61 Å². The topological polar surface area (TPSA) is 72.5 Å². The Morgan fingerprint density at radius 2 is 2.08 bits per heavy atom. The Morgan fingerprint density at radius 3 is 2.46 bits per heavy atom. The molecule has 4 heteroatoms. The van der Waals surface area contributed by atoms with Crippen molar-refractivity contribution in [3.63, 3.8) is 0 Å². The zero-order valence-corrected chi connectivity index (χ0v) is 8.33. The SMILES string of the molecule is CCC(N)OC(=O)/C(C)=C(\C)CO. The van der Waals surface area contributed by atoms with Crippen LogP contribution in [0.25, 0.3) is 0 Å². The predicted molar refractivity (Wildman–Crippen MR) is 49.8 cm³/mol. The van der Waals surface area contributed by atoms with Crippen molar-refractivity contribution in [1.82, 2.24) is 0 Å². The van der Waals surface area contributed by atoms with Gasteiger partial charge in [0.15, 0.2) is 6.23 Å². The van der Waals surface area contributed by atoms with E-state index in [1.165, 1.54) is 0 Å². The maximum atomic E-state index is 11.2. The van der Waals surface area contributed by atoms with Crippen LogP contribution < -0.4 is 5.73 Å². The third-order valence-electron chi connectivity index (χ3n) is 1.84. The number of rotatable bonds is 4. The van der Waals surface area contributed by atoms with Gasteiger partial charge in [0.1, 0.15) is 0 Å². The van der Waals surface area contributed by atoms with Gasteiger partial charge in [0.2, 0.25) is 0 Å². The summed E-state index contributed by atoms with van der Waals surface area (Å²) in [7, 11) is 0. The number of ether oxygens (including phenoxy) is 1. The third kappa shape index (κ3) is 4.05. The number of aliphatic hydroxyl groups is 1. The molecule has 0 heterocycles. The molecule has 3 N–H and O–H groups in total. The lowest BCUT2D eigenvalue weighted by Crippen LogP contribution is -2.26. The second-order valence-corrected chi connectivity index (χ2v) is 2.92. The van der Waals surface area contributed by atoms with Crippen molar-refractivity contribution in [2.75, 3.05) is 6.61 Å². The van der Waals surface area contributed by atoms with Gasteiger partial charge in [-0.3, -0.25) is 5.73 Å². The van der Waals surface area contributed by atoms with Gasteiger partial charge in [0.25, 0.3) is 0 Å². The molecule has 0 aliphatic carbocycles. The Labute approximate surface area is 78.4 Å². The van der Waals surface area contributed by atoms with Gasteiger partial charge >= 0.3 is 5.97 Å². The highest BCUT2D eigenvalue weighted by atomic mass is 16.6. The normalized spacial score (nSPS) is 14.8. The molecule has 0 aliphatic rings. The molecular formula is C9H17NO3. The minimum Gasteiger partial charge on any atom is -0.443 e. The molecule has 4 nitrogen and oxygen atoms in total. The molecule has 0 bridgehead atoms. The van der Waals surface area contributed by atoms with Gasteiger partial charge in [-0.2, -0.15) is 0 Å².